The van der Waals surface area contributed by atoms with E-state index in [1.807, 2.05) is 50.5 Å². The molecule has 0 radical (unpaired) electrons. The molecule has 0 fully saturated rings. The van der Waals surface area contributed by atoms with E-state index >= 15 is 0 Å². The van der Waals surface area contributed by atoms with E-state index in [0.717, 1.165) is 22.4 Å². The summed E-state index contributed by atoms with van der Waals surface area (Å²) in [6.45, 7) is 3.91. The van der Waals surface area contributed by atoms with Gasteiger partial charge in [0.15, 0.2) is 11.5 Å². The fraction of sp³-hybridized carbons (Fsp3) is 0.160. The zero-order chi connectivity index (χ0) is 22.7. The van der Waals surface area contributed by atoms with Gasteiger partial charge in [-0.2, -0.15) is 5.10 Å². The van der Waals surface area contributed by atoms with Crippen LogP contribution < -0.4 is 10.1 Å². The lowest BCUT2D eigenvalue weighted by Crippen LogP contribution is -2.11. The van der Waals surface area contributed by atoms with Crippen molar-refractivity contribution in [2.75, 3.05) is 11.9 Å². The molecule has 0 atom stereocenters. The SMILES string of the molecule is CCOc1ccc(C(C)=O)cc1-c1cc(NC(=O)c2ccco2)cc(-c2ccn(C)n2)c1. The first kappa shape index (κ1) is 21.1. The van der Waals surface area contributed by atoms with Crippen LogP contribution in [-0.4, -0.2) is 28.1 Å². The van der Waals surface area contributed by atoms with Gasteiger partial charge in [0.1, 0.15) is 5.75 Å². The zero-order valence-corrected chi connectivity index (χ0v) is 18.1. The number of nitrogens with one attached hydrogen (secondary N) is 1. The molecule has 4 rings (SSSR count). The number of ether oxygens (including phenoxy) is 1. The van der Waals surface area contributed by atoms with Gasteiger partial charge in [0.2, 0.25) is 0 Å². The highest BCUT2D eigenvalue weighted by atomic mass is 16.5. The minimum Gasteiger partial charge on any atom is -0.493 e. The molecule has 7 heteroatoms. The summed E-state index contributed by atoms with van der Waals surface area (Å²) >= 11 is 0. The Hall–Kier alpha value is -4.13. The third-order valence-electron chi connectivity index (χ3n) is 4.94. The number of rotatable bonds is 7. The van der Waals surface area contributed by atoms with Crippen LogP contribution in [0.15, 0.2) is 71.5 Å². The van der Waals surface area contributed by atoms with Crippen molar-refractivity contribution < 1.29 is 18.7 Å². The van der Waals surface area contributed by atoms with E-state index in [-0.39, 0.29) is 17.5 Å². The van der Waals surface area contributed by atoms with Crippen LogP contribution in [0.25, 0.3) is 22.4 Å². The van der Waals surface area contributed by atoms with Crippen molar-refractivity contribution in [1.82, 2.24) is 9.78 Å². The summed E-state index contributed by atoms with van der Waals surface area (Å²) in [4.78, 5) is 24.6. The monoisotopic (exact) mass is 429 g/mol. The second-order valence-corrected chi connectivity index (χ2v) is 7.31. The Labute approximate surface area is 185 Å². The first-order valence-corrected chi connectivity index (χ1v) is 10.2. The summed E-state index contributed by atoms with van der Waals surface area (Å²) in [5.41, 5.74) is 4.26. The summed E-state index contributed by atoms with van der Waals surface area (Å²) in [7, 11) is 1.84. The van der Waals surface area contributed by atoms with Crippen molar-refractivity contribution in [1.29, 1.82) is 0 Å². The number of ketones is 1. The quantitative estimate of drug-likeness (QED) is 0.408. The van der Waals surface area contributed by atoms with Gasteiger partial charge >= 0.3 is 0 Å². The van der Waals surface area contributed by atoms with Crippen LogP contribution in [0.1, 0.15) is 34.8 Å². The minimum atomic E-state index is -0.360. The molecule has 32 heavy (non-hydrogen) atoms. The second-order valence-electron chi connectivity index (χ2n) is 7.31. The third-order valence-corrected chi connectivity index (χ3v) is 4.94. The molecule has 0 aliphatic carbocycles. The topological polar surface area (TPSA) is 86.4 Å². The summed E-state index contributed by atoms with van der Waals surface area (Å²) in [6, 6.07) is 16.2. The van der Waals surface area contributed by atoms with Gasteiger partial charge < -0.3 is 14.5 Å². The number of hydrogen-bond donors (Lipinski definition) is 1. The molecule has 0 bridgehead atoms. The van der Waals surface area contributed by atoms with Crippen molar-refractivity contribution in [3.63, 3.8) is 0 Å². The maximum atomic E-state index is 12.6. The average molecular weight is 429 g/mol. The molecule has 0 saturated carbocycles. The zero-order valence-electron chi connectivity index (χ0n) is 18.1. The van der Waals surface area contributed by atoms with Crippen LogP contribution in [0.5, 0.6) is 5.75 Å². The van der Waals surface area contributed by atoms with Crippen LogP contribution >= 0.6 is 0 Å². The second kappa shape index (κ2) is 8.93. The molecule has 1 amide bonds. The Morgan fingerprint density at radius 3 is 2.56 bits per heavy atom. The smallest absolute Gasteiger partial charge is 0.291 e. The molecule has 0 spiro atoms. The van der Waals surface area contributed by atoms with E-state index in [4.69, 9.17) is 9.15 Å². The fourth-order valence-corrected chi connectivity index (χ4v) is 3.43. The Bertz CT molecular complexity index is 1270. The number of amides is 1. The van der Waals surface area contributed by atoms with Crippen molar-refractivity contribution in [2.45, 2.75) is 13.8 Å². The van der Waals surface area contributed by atoms with E-state index in [0.29, 0.717) is 23.6 Å². The van der Waals surface area contributed by atoms with Crippen LogP contribution in [0.3, 0.4) is 0 Å². The van der Waals surface area contributed by atoms with E-state index in [1.165, 1.54) is 13.2 Å². The van der Waals surface area contributed by atoms with Crippen LogP contribution in [0.2, 0.25) is 0 Å². The molecule has 2 aromatic heterocycles. The number of anilines is 1. The highest BCUT2D eigenvalue weighted by Crippen LogP contribution is 2.36. The van der Waals surface area contributed by atoms with Gasteiger partial charge in [-0.1, -0.05) is 0 Å². The third kappa shape index (κ3) is 4.46. The highest BCUT2D eigenvalue weighted by molar-refractivity contribution is 6.03. The van der Waals surface area contributed by atoms with Gasteiger partial charge in [-0.15, -0.1) is 0 Å². The average Bonchev–Trinajstić information content (AvgIpc) is 3.46. The summed E-state index contributed by atoms with van der Waals surface area (Å²) < 4.78 is 12.7. The number of carbonyl (C=O) groups is 2. The van der Waals surface area contributed by atoms with Gasteiger partial charge in [0.25, 0.3) is 5.91 Å². The number of nitrogens with zero attached hydrogens (tertiary/aromatic N) is 2. The number of aryl methyl sites for hydroxylation is 1. The number of aromatic nitrogens is 2. The van der Waals surface area contributed by atoms with Crippen molar-refractivity contribution in [3.05, 3.63) is 78.4 Å². The summed E-state index contributed by atoms with van der Waals surface area (Å²) in [5, 5.41) is 7.38. The Morgan fingerprint density at radius 1 is 1.09 bits per heavy atom. The molecule has 0 aliphatic heterocycles. The lowest BCUT2D eigenvalue weighted by Gasteiger charge is -2.14. The number of hydrogen-bond acceptors (Lipinski definition) is 5. The van der Waals surface area contributed by atoms with E-state index in [2.05, 4.69) is 10.4 Å². The lowest BCUT2D eigenvalue weighted by atomic mass is 9.97. The van der Waals surface area contributed by atoms with E-state index in [1.54, 1.807) is 28.9 Å². The van der Waals surface area contributed by atoms with Crippen molar-refractivity contribution in [3.8, 4) is 28.1 Å². The Morgan fingerprint density at radius 2 is 1.91 bits per heavy atom. The van der Waals surface area contributed by atoms with Gasteiger partial charge in [0.05, 0.1) is 18.6 Å². The summed E-state index contributed by atoms with van der Waals surface area (Å²) in [5.74, 6) is 0.463. The molecule has 0 saturated heterocycles. The van der Waals surface area contributed by atoms with Crippen molar-refractivity contribution >= 4 is 17.4 Å². The normalized spacial score (nSPS) is 10.7. The molecule has 0 aliphatic rings. The number of carbonyl (C=O) groups excluding carboxylic acids is 2. The first-order chi connectivity index (χ1) is 15.4. The standard InChI is InChI=1S/C25H23N3O4/c1-4-31-23-8-7-17(16(2)29)15-21(23)18-12-19(22-9-10-28(3)27-22)14-20(13-18)26-25(30)24-6-5-11-32-24/h5-15H,4H2,1-3H3,(H,26,30). The maximum absolute atomic E-state index is 12.6. The van der Waals surface area contributed by atoms with Crippen LogP contribution in [-0.2, 0) is 7.05 Å². The van der Waals surface area contributed by atoms with Gasteiger partial charge in [-0.3, -0.25) is 14.3 Å². The molecule has 2 aromatic carbocycles. The molecule has 2 heterocycles. The predicted octanol–water partition coefficient (Wildman–Crippen LogP) is 5.20. The van der Waals surface area contributed by atoms with Gasteiger partial charge in [-0.25, -0.2) is 0 Å². The van der Waals surface area contributed by atoms with Crippen molar-refractivity contribution in [2.24, 2.45) is 7.05 Å². The maximum Gasteiger partial charge on any atom is 0.291 e. The number of Topliss-reactive ketones (excluding diaryl/α,β-unsaturated/α-hetero) is 1. The van der Waals surface area contributed by atoms with E-state index in [9.17, 15) is 9.59 Å². The first-order valence-electron chi connectivity index (χ1n) is 10.2. The molecule has 162 valence electrons. The Kier molecular flexibility index (Phi) is 5.89. The molecular weight excluding hydrogens is 406 g/mol. The Balaban J connectivity index is 1.85. The van der Waals surface area contributed by atoms with Gasteiger partial charge in [0, 0.05) is 35.6 Å². The molecule has 1 N–H and O–H groups in total. The fourth-order valence-electron chi connectivity index (χ4n) is 3.43. The van der Waals surface area contributed by atoms with Crippen LogP contribution in [0.4, 0.5) is 5.69 Å². The highest BCUT2D eigenvalue weighted by Gasteiger charge is 2.15. The van der Waals surface area contributed by atoms with E-state index < -0.39 is 0 Å². The molecule has 4 aromatic rings. The number of furan rings is 1. The summed E-state index contributed by atoms with van der Waals surface area (Å²) in [6.07, 6.45) is 3.30. The molecule has 0 unspecified atom stereocenters. The number of benzene rings is 2. The van der Waals surface area contributed by atoms with Gasteiger partial charge in [-0.05, 0) is 74.0 Å². The van der Waals surface area contributed by atoms with Crippen LogP contribution in [0, 0.1) is 0 Å². The lowest BCUT2D eigenvalue weighted by molar-refractivity contribution is 0.0993. The molecule has 7 nitrogen and oxygen atoms in total. The largest absolute Gasteiger partial charge is 0.493 e. The molecular formula is C25H23N3O4. The predicted molar refractivity (Wildman–Crippen MR) is 122 cm³/mol. The minimum absolute atomic E-state index is 0.0403.